The Bertz CT molecular complexity index is 619. The van der Waals surface area contributed by atoms with Crippen molar-refractivity contribution < 1.29 is 19.8 Å². The highest BCUT2D eigenvalue weighted by atomic mass is 35.5. The van der Waals surface area contributed by atoms with Crippen LogP contribution < -0.4 is 0 Å². The van der Waals surface area contributed by atoms with Crippen molar-refractivity contribution in [3.8, 4) is 0 Å². The van der Waals surface area contributed by atoms with E-state index in [1.165, 1.54) is 4.90 Å². The predicted octanol–water partition coefficient (Wildman–Crippen LogP) is 2.73. The highest BCUT2D eigenvalue weighted by Crippen LogP contribution is 2.36. The molecule has 1 fully saturated rings. The van der Waals surface area contributed by atoms with Crippen LogP contribution >= 0.6 is 11.6 Å². The molecule has 2 rings (SSSR count). The molecule has 0 saturated carbocycles. The Morgan fingerprint density at radius 2 is 2.13 bits per heavy atom. The molecule has 1 aliphatic heterocycles. The highest BCUT2D eigenvalue weighted by molar-refractivity contribution is 6.30. The first-order valence-corrected chi connectivity index (χ1v) is 8.16. The number of carbonyl (C=O) groups is 2. The zero-order chi connectivity index (χ0) is 17.2. The van der Waals surface area contributed by atoms with Crippen molar-refractivity contribution in [3.63, 3.8) is 0 Å². The lowest BCUT2D eigenvalue weighted by Crippen LogP contribution is -2.57. The summed E-state index contributed by atoms with van der Waals surface area (Å²) in [5.41, 5.74) is -0.0187. The van der Waals surface area contributed by atoms with Crippen molar-refractivity contribution in [2.75, 3.05) is 13.1 Å². The summed E-state index contributed by atoms with van der Waals surface area (Å²) in [5, 5.41) is 20.4. The monoisotopic (exact) mass is 339 g/mol. The molecule has 1 aromatic rings. The van der Waals surface area contributed by atoms with Gasteiger partial charge in [-0.05, 0) is 43.5 Å². The van der Waals surface area contributed by atoms with Crippen molar-refractivity contribution in [2.45, 2.75) is 39.2 Å². The lowest BCUT2D eigenvalue weighted by molar-refractivity contribution is -0.162. The number of benzene rings is 1. The Kier molecular flexibility index (Phi) is 5.32. The molecule has 0 unspecified atom stereocenters. The van der Waals surface area contributed by atoms with Gasteiger partial charge < -0.3 is 15.1 Å². The SMILES string of the molecule is CCC[C@@]1(C(=O)O)CN(C(=O)c2ccc(Cl)cc2C)CC[C@@H]1O. The number of nitrogens with zero attached hydrogens (tertiary/aromatic N) is 1. The number of aliphatic hydroxyl groups excluding tert-OH is 1. The molecular weight excluding hydrogens is 318 g/mol. The van der Waals surface area contributed by atoms with E-state index in [9.17, 15) is 19.8 Å². The molecule has 126 valence electrons. The maximum Gasteiger partial charge on any atom is 0.314 e. The maximum absolute atomic E-state index is 12.8. The lowest BCUT2D eigenvalue weighted by atomic mass is 9.74. The van der Waals surface area contributed by atoms with Crippen LogP contribution in [0.1, 0.15) is 42.1 Å². The number of aliphatic carboxylic acids is 1. The van der Waals surface area contributed by atoms with E-state index in [1.807, 2.05) is 6.92 Å². The molecule has 0 spiro atoms. The molecule has 1 aliphatic rings. The number of carboxylic acid groups (broad SMARTS) is 1. The van der Waals surface area contributed by atoms with E-state index in [-0.39, 0.29) is 18.9 Å². The number of hydrogen-bond donors (Lipinski definition) is 2. The normalized spacial score (nSPS) is 24.5. The van der Waals surface area contributed by atoms with Gasteiger partial charge >= 0.3 is 5.97 Å². The molecule has 1 saturated heterocycles. The molecule has 0 radical (unpaired) electrons. The number of likely N-dealkylation sites (tertiary alicyclic amines) is 1. The number of piperidine rings is 1. The van der Waals surface area contributed by atoms with Crippen LogP contribution in [-0.4, -0.2) is 46.2 Å². The topological polar surface area (TPSA) is 77.8 Å². The second-order valence-electron chi connectivity index (χ2n) is 6.20. The number of halogens is 1. The summed E-state index contributed by atoms with van der Waals surface area (Å²) in [4.78, 5) is 26.1. The highest BCUT2D eigenvalue weighted by Gasteiger charge is 2.49. The van der Waals surface area contributed by atoms with Gasteiger partial charge in [-0.15, -0.1) is 0 Å². The number of rotatable bonds is 4. The van der Waals surface area contributed by atoms with E-state index in [4.69, 9.17) is 11.6 Å². The third kappa shape index (κ3) is 3.35. The summed E-state index contributed by atoms with van der Waals surface area (Å²) < 4.78 is 0. The van der Waals surface area contributed by atoms with Crippen LogP contribution in [0.5, 0.6) is 0 Å². The van der Waals surface area contributed by atoms with Crippen molar-refractivity contribution in [2.24, 2.45) is 5.41 Å². The molecular formula is C17H22ClNO4. The van der Waals surface area contributed by atoms with Gasteiger partial charge in [0.25, 0.3) is 5.91 Å². The minimum atomic E-state index is -1.29. The molecule has 1 amide bonds. The third-order valence-electron chi connectivity index (χ3n) is 4.61. The molecule has 0 aromatic heterocycles. The van der Waals surface area contributed by atoms with Gasteiger partial charge in [0.15, 0.2) is 0 Å². The fourth-order valence-corrected chi connectivity index (χ4v) is 3.53. The van der Waals surface area contributed by atoms with E-state index >= 15 is 0 Å². The molecule has 6 heteroatoms. The number of amides is 1. The Morgan fingerprint density at radius 1 is 1.43 bits per heavy atom. The van der Waals surface area contributed by atoms with E-state index in [0.29, 0.717) is 30.0 Å². The van der Waals surface area contributed by atoms with E-state index in [1.54, 1.807) is 25.1 Å². The maximum atomic E-state index is 12.8. The standard InChI is InChI=1S/C17H22ClNO4/c1-3-7-17(16(22)23)10-19(8-6-14(17)20)15(21)13-5-4-12(18)9-11(13)2/h4-5,9,14,20H,3,6-8,10H2,1-2H3,(H,22,23)/t14-,17+/m0/s1. The van der Waals surface area contributed by atoms with Crippen LogP contribution in [0.25, 0.3) is 0 Å². The first-order chi connectivity index (χ1) is 10.8. The molecule has 5 nitrogen and oxygen atoms in total. The molecule has 1 heterocycles. The Hall–Kier alpha value is -1.59. The molecule has 2 N–H and O–H groups in total. The molecule has 0 bridgehead atoms. The minimum absolute atomic E-state index is 0.0260. The molecule has 0 aliphatic carbocycles. The smallest absolute Gasteiger partial charge is 0.314 e. The van der Waals surface area contributed by atoms with E-state index in [2.05, 4.69) is 0 Å². The van der Waals surface area contributed by atoms with E-state index in [0.717, 1.165) is 5.56 Å². The van der Waals surface area contributed by atoms with Gasteiger partial charge in [0.2, 0.25) is 0 Å². The summed E-state index contributed by atoms with van der Waals surface area (Å²) in [6, 6.07) is 5.02. The summed E-state index contributed by atoms with van der Waals surface area (Å²) >= 11 is 5.92. The zero-order valence-corrected chi connectivity index (χ0v) is 14.1. The number of aryl methyl sites for hydroxylation is 1. The van der Waals surface area contributed by atoms with Crippen LogP contribution in [0.4, 0.5) is 0 Å². The van der Waals surface area contributed by atoms with Gasteiger partial charge in [0.05, 0.1) is 6.10 Å². The fourth-order valence-electron chi connectivity index (χ4n) is 3.30. The van der Waals surface area contributed by atoms with Gasteiger partial charge in [0.1, 0.15) is 5.41 Å². The van der Waals surface area contributed by atoms with Crippen LogP contribution in [-0.2, 0) is 4.79 Å². The number of carbonyl (C=O) groups excluding carboxylic acids is 1. The van der Waals surface area contributed by atoms with Gasteiger partial charge in [-0.1, -0.05) is 24.9 Å². The van der Waals surface area contributed by atoms with Gasteiger partial charge in [-0.3, -0.25) is 9.59 Å². The first-order valence-electron chi connectivity index (χ1n) is 7.78. The average Bonchev–Trinajstić information content (AvgIpc) is 2.49. The molecule has 1 aromatic carbocycles. The average molecular weight is 340 g/mol. The van der Waals surface area contributed by atoms with Crippen LogP contribution in [0.15, 0.2) is 18.2 Å². The summed E-state index contributed by atoms with van der Waals surface area (Å²) in [7, 11) is 0. The second kappa shape index (κ2) is 6.89. The number of aliphatic hydroxyl groups is 1. The van der Waals surface area contributed by atoms with Gasteiger partial charge in [0, 0.05) is 23.7 Å². The molecule has 23 heavy (non-hydrogen) atoms. The first kappa shape index (κ1) is 17.8. The van der Waals surface area contributed by atoms with E-state index < -0.39 is 17.5 Å². The Labute approximate surface area is 140 Å². The minimum Gasteiger partial charge on any atom is -0.481 e. The van der Waals surface area contributed by atoms with Gasteiger partial charge in [-0.2, -0.15) is 0 Å². The van der Waals surface area contributed by atoms with Gasteiger partial charge in [-0.25, -0.2) is 0 Å². The van der Waals surface area contributed by atoms with Crippen LogP contribution in [0.3, 0.4) is 0 Å². The third-order valence-corrected chi connectivity index (χ3v) is 4.85. The second-order valence-corrected chi connectivity index (χ2v) is 6.64. The van der Waals surface area contributed by atoms with Crippen molar-refractivity contribution >= 4 is 23.5 Å². The van der Waals surface area contributed by atoms with Crippen LogP contribution in [0, 0.1) is 12.3 Å². The molecule has 2 atom stereocenters. The van der Waals surface area contributed by atoms with Crippen molar-refractivity contribution in [1.82, 2.24) is 4.90 Å². The summed E-state index contributed by atoms with van der Waals surface area (Å²) in [5.74, 6) is -1.26. The number of hydrogen-bond acceptors (Lipinski definition) is 3. The van der Waals surface area contributed by atoms with Crippen molar-refractivity contribution in [3.05, 3.63) is 34.3 Å². The number of carboxylic acids is 1. The fraction of sp³-hybridized carbons (Fsp3) is 0.529. The van der Waals surface area contributed by atoms with Crippen molar-refractivity contribution in [1.29, 1.82) is 0 Å². The zero-order valence-electron chi connectivity index (χ0n) is 13.4. The summed E-state index contributed by atoms with van der Waals surface area (Å²) in [6.07, 6.45) is 0.304. The Morgan fingerprint density at radius 3 is 2.70 bits per heavy atom. The van der Waals surface area contributed by atoms with Crippen LogP contribution in [0.2, 0.25) is 5.02 Å². The summed E-state index contributed by atoms with van der Waals surface area (Å²) in [6.45, 7) is 4.05. The quantitative estimate of drug-likeness (QED) is 0.884. The Balaban J connectivity index is 2.30. The lowest BCUT2D eigenvalue weighted by Gasteiger charge is -2.43. The predicted molar refractivity (Wildman–Crippen MR) is 87.7 cm³/mol. The largest absolute Gasteiger partial charge is 0.481 e.